The van der Waals surface area contributed by atoms with Crippen molar-refractivity contribution in [3.8, 4) is 17.2 Å². The summed E-state index contributed by atoms with van der Waals surface area (Å²) >= 11 is 0. The number of aromatic hydroxyl groups is 2. The lowest BCUT2D eigenvalue weighted by Crippen LogP contribution is -2.15. The van der Waals surface area contributed by atoms with Crippen LogP contribution in [0.3, 0.4) is 0 Å². The third-order valence-electron chi connectivity index (χ3n) is 4.51. The van der Waals surface area contributed by atoms with Crippen molar-refractivity contribution in [3.05, 3.63) is 77.9 Å². The molecule has 0 aliphatic heterocycles. The number of phenols is 2. The lowest BCUT2D eigenvalue weighted by Gasteiger charge is -2.13. The SMILES string of the molecule is O=C(Nc1ccc(-n2c(C(F)(F)F)nc3cc(O)c(O)cc32)cc1)c1ccccc1F. The lowest BCUT2D eigenvalue weighted by atomic mass is 10.2. The number of hydrogen-bond donors (Lipinski definition) is 3. The van der Waals surface area contributed by atoms with E-state index in [-0.39, 0.29) is 28.0 Å². The second-order valence-corrected chi connectivity index (χ2v) is 6.58. The van der Waals surface area contributed by atoms with E-state index in [0.717, 1.165) is 22.8 Å². The number of rotatable bonds is 3. The highest BCUT2D eigenvalue weighted by Crippen LogP contribution is 2.37. The summed E-state index contributed by atoms with van der Waals surface area (Å²) < 4.78 is 55.2. The monoisotopic (exact) mass is 431 g/mol. The molecule has 0 fully saturated rings. The molecule has 158 valence electrons. The number of carbonyl (C=O) groups excluding carboxylic acids is 1. The summed E-state index contributed by atoms with van der Waals surface area (Å²) in [7, 11) is 0. The first-order valence-corrected chi connectivity index (χ1v) is 8.83. The second kappa shape index (κ2) is 7.31. The standard InChI is InChI=1S/C21H13F4N3O3/c22-14-4-2-1-3-13(14)19(31)26-11-5-7-12(8-6-11)28-16-10-18(30)17(29)9-15(16)27-20(28)21(23,24)25/h1-10,29-30H,(H,26,31). The molecule has 0 spiro atoms. The molecule has 31 heavy (non-hydrogen) atoms. The van der Waals surface area contributed by atoms with Crippen molar-refractivity contribution in [2.75, 3.05) is 5.32 Å². The van der Waals surface area contributed by atoms with Crippen molar-refractivity contribution in [2.24, 2.45) is 0 Å². The molecule has 0 bridgehead atoms. The zero-order chi connectivity index (χ0) is 22.3. The van der Waals surface area contributed by atoms with Gasteiger partial charge in [-0.05, 0) is 36.4 Å². The largest absolute Gasteiger partial charge is 0.504 e. The number of hydrogen-bond acceptors (Lipinski definition) is 4. The molecule has 0 aliphatic carbocycles. The Bertz CT molecular complexity index is 1300. The molecule has 1 amide bonds. The maximum Gasteiger partial charge on any atom is 0.450 e. The third kappa shape index (κ3) is 3.75. The van der Waals surface area contributed by atoms with Crippen LogP contribution < -0.4 is 5.32 Å². The van der Waals surface area contributed by atoms with Gasteiger partial charge in [-0.1, -0.05) is 12.1 Å². The molecule has 0 saturated heterocycles. The fourth-order valence-corrected chi connectivity index (χ4v) is 3.09. The van der Waals surface area contributed by atoms with Gasteiger partial charge in [0.05, 0.1) is 16.6 Å². The van der Waals surface area contributed by atoms with Crippen LogP contribution >= 0.6 is 0 Å². The Balaban J connectivity index is 1.73. The van der Waals surface area contributed by atoms with E-state index in [4.69, 9.17) is 0 Å². The quantitative estimate of drug-likeness (QED) is 0.320. The van der Waals surface area contributed by atoms with Gasteiger partial charge in [-0.3, -0.25) is 9.36 Å². The van der Waals surface area contributed by atoms with Crippen molar-refractivity contribution >= 4 is 22.6 Å². The van der Waals surface area contributed by atoms with E-state index in [0.29, 0.717) is 0 Å². The van der Waals surface area contributed by atoms with Crippen LogP contribution in [0, 0.1) is 5.82 Å². The first kappa shape index (κ1) is 20.2. The molecule has 0 aliphatic rings. The number of amides is 1. The number of fused-ring (bicyclic) bond motifs is 1. The predicted molar refractivity (Wildman–Crippen MR) is 104 cm³/mol. The summed E-state index contributed by atoms with van der Waals surface area (Å²) in [6.45, 7) is 0. The summed E-state index contributed by atoms with van der Waals surface area (Å²) in [4.78, 5) is 15.7. The van der Waals surface area contributed by atoms with Crippen molar-refractivity contribution in [1.82, 2.24) is 9.55 Å². The first-order chi connectivity index (χ1) is 14.6. The molecule has 0 saturated carbocycles. The minimum absolute atomic E-state index is 0.0452. The van der Waals surface area contributed by atoms with Gasteiger partial charge in [0, 0.05) is 23.5 Å². The van der Waals surface area contributed by atoms with Gasteiger partial charge in [-0.25, -0.2) is 9.37 Å². The Hall–Kier alpha value is -4.08. The summed E-state index contributed by atoms with van der Waals surface area (Å²) in [5.41, 5.74) is -0.147. The van der Waals surface area contributed by atoms with Gasteiger partial charge in [-0.15, -0.1) is 0 Å². The molecule has 4 rings (SSSR count). The molecular weight excluding hydrogens is 418 g/mol. The Kier molecular flexibility index (Phi) is 4.77. The van der Waals surface area contributed by atoms with Crippen LogP contribution in [0.15, 0.2) is 60.7 Å². The number of imidazole rings is 1. The zero-order valence-electron chi connectivity index (χ0n) is 15.5. The van der Waals surface area contributed by atoms with Crippen LogP contribution in [0.5, 0.6) is 11.5 Å². The van der Waals surface area contributed by atoms with Gasteiger partial charge in [-0.2, -0.15) is 13.2 Å². The van der Waals surface area contributed by atoms with Crippen LogP contribution in [-0.4, -0.2) is 25.7 Å². The maximum absolute atomic E-state index is 13.7. The fraction of sp³-hybridized carbons (Fsp3) is 0.0476. The van der Waals surface area contributed by atoms with Gasteiger partial charge in [0.1, 0.15) is 5.82 Å². The highest BCUT2D eigenvalue weighted by Gasteiger charge is 2.38. The smallest absolute Gasteiger partial charge is 0.450 e. The van der Waals surface area contributed by atoms with Crippen molar-refractivity contribution < 1.29 is 32.6 Å². The molecule has 0 radical (unpaired) electrons. The normalized spacial score (nSPS) is 11.6. The predicted octanol–water partition coefficient (Wildman–Crippen LogP) is 4.85. The second-order valence-electron chi connectivity index (χ2n) is 6.58. The summed E-state index contributed by atoms with van der Waals surface area (Å²) in [6, 6.07) is 12.6. The Morgan fingerprint density at radius 3 is 2.26 bits per heavy atom. The van der Waals surface area contributed by atoms with E-state index < -0.39 is 35.2 Å². The third-order valence-corrected chi connectivity index (χ3v) is 4.51. The number of aromatic nitrogens is 2. The van der Waals surface area contributed by atoms with E-state index >= 15 is 0 Å². The zero-order valence-corrected chi connectivity index (χ0v) is 15.5. The van der Waals surface area contributed by atoms with E-state index in [1.807, 2.05) is 0 Å². The average Bonchev–Trinajstić information content (AvgIpc) is 3.08. The Morgan fingerprint density at radius 2 is 1.61 bits per heavy atom. The number of phenolic OH excluding ortho intramolecular Hbond substituents is 2. The van der Waals surface area contributed by atoms with Crippen LogP contribution in [0.1, 0.15) is 16.2 Å². The molecule has 0 unspecified atom stereocenters. The van der Waals surface area contributed by atoms with E-state index in [1.165, 1.54) is 42.5 Å². The minimum Gasteiger partial charge on any atom is -0.504 e. The number of benzene rings is 3. The molecule has 10 heteroatoms. The summed E-state index contributed by atoms with van der Waals surface area (Å²) in [5.74, 6) is -3.88. The number of nitrogens with one attached hydrogen (secondary N) is 1. The number of halogens is 4. The molecule has 3 N–H and O–H groups in total. The van der Waals surface area contributed by atoms with E-state index in [1.54, 1.807) is 0 Å². The van der Waals surface area contributed by atoms with Crippen LogP contribution in [0.25, 0.3) is 16.7 Å². The van der Waals surface area contributed by atoms with Crippen LogP contribution in [0.2, 0.25) is 0 Å². The van der Waals surface area contributed by atoms with Crippen LogP contribution in [0.4, 0.5) is 23.2 Å². The number of nitrogens with zero attached hydrogens (tertiary/aromatic N) is 2. The lowest BCUT2D eigenvalue weighted by molar-refractivity contribution is -0.145. The molecule has 4 aromatic rings. The van der Waals surface area contributed by atoms with Gasteiger partial charge in [0.15, 0.2) is 11.5 Å². The summed E-state index contributed by atoms with van der Waals surface area (Å²) in [5, 5.41) is 21.8. The average molecular weight is 431 g/mol. The summed E-state index contributed by atoms with van der Waals surface area (Å²) in [6.07, 6.45) is -4.82. The molecule has 1 aromatic heterocycles. The molecule has 6 nitrogen and oxygen atoms in total. The van der Waals surface area contributed by atoms with Gasteiger partial charge in [0.25, 0.3) is 5.91 Å². The highest BCUT2D eigenvalue weighted by atomic mass is 19.4. The Morgan fingerprint density at radius 1 is 0.968 bits per heavy atom. The number of anilines is 1. The molecule has 1 heterocycles. The van der Waals surface area contributed by atoms with E-state index in [9.17, 15) is 32.6 Å². The Labute approximate surface area is 172 Å². The number of carbonyl (C=O) groups is 1. The topological polar surface area (TPSA) is 87.4 Å². The first-order valence-electron chi connectivity index (χ1n) is 8.83. The molecule has 3 aromatic carbocycles. The molecule has 0 atom stereocenters. The minimum atomic E-state index is -4.82. The van der Waals surface area contributed by atoms with Crippen molar-refractivity contribution in [2.45, 2.75) is 6.18 Å². The number of alkyl halides is 3. The molecular formula is C21H13F4N3O3. The van der Waals surface area contributed by atoms with Gasteiger partial charge < -0.3 is 15.5 Å². The van der Waals surface area contributed by atoms with Crippen LogP contribution in [-0.2, 0) is 6.18 Å². The van der Waals surface area contributed by atoms with Crippen molar-refractivity contribution in [3.63, 3.8) is 0 Å². The highest BCUT2D eigenvalue weighted by molar-refractivity contribution is 6.04. The van der Waals surface area contributed by atoms with Gasteiger partial charge >= 0.3 is 6.18 Å². The fourth-order valence-electron chi connectivity index (χ4n) is 3.09. The van der Waals surface area contributed by atoms with Crippen molar-refractivity contribution in [1.29, 1.82) is 0 Å². The van der Waals surface area contributed by atoms with Gasteiger partial charge in [0.2, 0.25) is 5.82 Å². The maximum atomic E-state index is 13.7. The van der Waals surface area contributed by atoms with E-state index in [2.05, 4.69) is 10.3 Å².